The number of rotatable bonds is 6. The lowest BCUT2D eigenvalue weighted by Gasteiger charge is -2.35. The fourth-order valence-corrected chi connectivity index (χ4v) is 4.21. The molecule has 27 heavy (non-hydrogen) atoms. The maximum absolute atomic E-state index is 12.4. The molecule has 0 unspecified atom stereocenters. The molecule has 0 spiro atoms. The molecule has 1 fully saturated rings. The van der Waals surface area contributed by atoms with Crippen LogP contribution in [0.15, 0.2) is 24.3 Å². The van der Waals surface area contributed by atoms with Crippen LogP contribution < -0.4 is 5.32 Å². The second-order valence-electron chi connectivity index (χ2n) is 7.70. The molecule has 0 aromatic heterocycles. The van der Waals surface area contributed by atoms with Crippen LogP contribution in [0.3, 0.4) is 0 Å². The first-order chi connectivity index (χ1) is 12.6. The van der Waals surface area contributed by atoms with Gasteiger partial charge in [-0.1, -0.05) is 38.8 Å². The quantitative estimate of drug-likeness (QED) is 0.748. The molecule has 1 aromatic rings. The zero-order valence-corrected chi connectivity index (χ0v) is 17.2. The van der Waals surface area contributed by atoms with E-state index in [0.717, 1.165) is 19.1 Å². The van der Waals surface area contributed by atoms with Crippen molar-refractivity contribution in [1.82, 2.24) is 5.32 Å². The van der Waals surface area contributed by atoms with Crippen LogP contribution in [0, 0.1) is 11.8 Å². The Morgan fingerprint density at radius 2 is 1.81 bits per heavy atom. The van der Waals surface area contributed by atoms with Gasteiger partial charge >= 0.3 is 5.97 Å². The standard InChI is InChI=1S/C20H29NO5S/c1-13-6-5-7-18(14(13)2)21-19(22)15(3)26-20(23)17-10-8-16(9-11-17)12-27(4,24)25/h8-11,13-15,18H,5-7,12H2,1-4H3,(H,21,22)/t13-,14+,15+,18+/m0/s1. The molecule has 1 amide bonds. The molecule has 6 nitrogen and oxygen atoms in total. The summed E-state index contributed by atoms with van der Waals surface area (Å²) < 4.78 is 27.9. The molecule has 0 saturated heterocycles. The lowest BCUT2D eigenvalue weighted by molar-refractivity contribution is -0.130. The predicted octanol–water partition coefficient (Wildman–Crippen LogP) is 2.72. The Morgan fingerprint density at radius 1 is 1.19 bits per heavy atom. The summed E-state index contributed by atoms with van der Waals surface area (Å²) in [6.07, 6.45) is 3.47. The third kappa shape index (κ3) is 6.34. The molecule has 150 valence electrons. The van der Waals surface area contributed by atoms with Crippen molar-refractivity contribution < 1.29 is 22.7 Å². The predicted molar refractivity (Wildman–Crippen MR) is 104 cm³/mol. The molecule has 1 N–H and O–H groups in total. The number of carbonyl (C=O) groups is 2. The Balaban J connectivity index is 1.91. The summed E-state index contributed by atoms with van der Waals surface area (Å²) in [5.74, 6) is -0.0176. The Hall–Kier alpha value is -1.89. The molecule has 1 aromatic carbocycles. The van der Waals surface area contributed by atoms with Gasteiger partial charge in [0.1, 0.15) is 0 Å². The highest BCUT2D eigenvalue weighted by molar-refractivity contribution is 7.89. The summed E-state index contributed by atoms with van der Waals surface area (Å²) in [6, 6.07) is 6.29. The Morgan fingerprint density at radius 3 is 2.41 bits per heavy atom. The molecule has 4 atom stereocenters. The molecule has 0 aliphatic heterocycles. The van der Waals surface area contributed by atoms with Gasteiger partial charge in [0.25, 0.3) is 5.91 Å². The van der Waals surface area contributed by atoms with Gasteiger partial charge in [-0.05, 0) is 42.9 Å². The highest BCUT2D eigenvalue weighted by Gasteiger charge is 2.30. The second-order valence-corrected chi connectivity index (χ2v) is 9.84. The highest BCUT2D eigenvalue weighted by atomic mass is 32.2. The van der Waals surface area contributed by atoms with Crippen molar-refractivity contribution in [3.8, 4) is 0 Å². The molecule has 0 radical (unpaired) electrons. The normalized spacial score (nSPS) is 24.1. The number of hydrogen-bond acceptors (Lipinski definition) is 5. The third-order valence-corrected chi connectivity index (χ3v) is 6.16. The first kappa shape index (κ1) is 21.4. The monoisotopic (exact) mass is 395 g/mol. The summed E-state index contributed by atoms with van der Waals surface area (Å²) in [5, 5.41) is 3.01. The minimum absolute atomic E-state index is 0.0842. The van der Waals surface area contributed by atoms with E-state index in [1.807, 2.05) is 0 Å². The van der Waals surface area contributed by atoms with Crippen LogP contribution in [0.2, 0.25) is 0 Å². The van der Waals surface area contributed by atoms with Gasteiger partial charge in [-0.2, -0.15) is 0 Å². The topological polar surface area (TPSA) is 89.5 Å². The van der Waals surface area contributed by atoms with Gasteiger partial charge < -0.3 is 10.1 Å². The first-order valence-corrected chi connectivity index (χ1v) is 11.4. The van der Waals surface area contributed by atoms with E-state index in [9.17, 15) is 18.0 Å². The van der Waals surface area contributed by atoms with Crippen molar-refractivity contribution in [3.63, 3.8) is 0 Å². The summed E-state index contributed by atoms with van der Waals surface area (Å²) in [6.45, 7) is 5.89. The Kier molecular flexibility index (Phi) is 7.03. The second kappa shape index (κ2) is 8.87. The van der Waals surface area contributed by atoms with Crippen molar-refractivity contribution in [2.24, 2.45) is 11.8 Å². The van der Waals surface area contributed by atoms with Gasteiger partial charge in [-0.25, -0.2) is 13.2 Å². The van der Waals surface area contributed by atoms with Crippen LogP contribution in [-0.4, -0.2) is 38.7 Å². The molecule has 2 rings (SSSR count). The average molecular weight is 396 g/mol. The van der Waals surface area contributed by atoms with Crippen molar-refractivity contribution in [1.29, 1.82) is 0 Å². The van der Waals surface area contributed by atoms with E-state index in [1.54, 1.807) is 19.1 Å². The van der Waals surface area contributed by atoms with E-state index in [4.69, 9.17) is 4.74 Å². The lowest BCUT2D eigenvalue weighted by atomic mass is 9.78. The van der Waals surface area contributed by atoms with Crippen LogP contribution >= 0.6 is 0 Å². The van der Waals surface area contributed by atoms with Crippen molar-refractivity contribution in [2.45, 2.75) is 57.9 Å². The molecule has 1 saturated carbocycles. The molecular weight excluding hydrogens is 366 g/mol. The minimum atomic E-state index is -3.13. The molecule has 7 heteroatoms. The SMILES string of the molecule is C[C@@H]1[C@@H](C)CCC[C@H]1NC(=O)[C@@H](C)OC(=O)c1ccc(CS(C)(=O)=O)cc1. The van der Waals surface area contributed by atoms with Crippen molar-refractivity contribution in [2.75, 3.05) is 6.26 Å². The van der Waals surface area contributed by atoms with Gasteiger partial charge in [-0.3, -0.25) is 4.79 Å². The van der Waals surface area contributed by atoms with E-state index < -0.39 is 21.9 Å². The molecule has 0 bridgehead atoms. The third-order valence-electron chi connectivity index (χ3n) is 5.31. The van der Waals surface area contributed by atoms with E-state index in [-0.39, 0.29) is 23.3 Å². The summed E-state index contributed by atoms with van der Waals surface area (Å²) in [5.41, 5.74) is 0.881. The van der Waals surface area contributed by atoms with Crippen LogP contribution in [0.5, 0.6) is 0 Å². The molecule has 1 aliphatic rings. The maximum atomic E-state index is 12.4. The maximum Gasteiger partial charge on any atom is 0.338 e. The highest BCUT2D eigenvalue weighted by Crippen LogP contribution is 2.29. The van der Waals surface area contributed by atoms with E-state index in [1.165, 1.54) is 18.6 Å². The Labute approximate surface area is 161 Å². The zero-order valence-electron chi connectivity index (χ0n) is 16.4. The summed E-state index contributed by atoms with van der Waals surface area (Å²) in [4.78, 5) is 24.6. The van der Waals surface area contributed by atoms with Gasteiger partial charge in [0.2, 0.25) is 0 Å². The number of carbonyl (C=O) groups excluding carboxylic acids is 2. The van der Waals surface area contributed by atoms with E-state index in [0.29, 0.717) is 17.4 Å². The van der Waals surface area contributed by atoms with Gasteiger partial charge in [0.15, 0.2) is 15.9 Å². The number of sulfone groups is 1. The van der Waals surface area contributed by atoms with Gasteiger partial charge in [-0.15, -0.1) is 0 Å². The van der Waals surface area contributed by atoms with E-state index in [2.05, 4.69) is 19.2 Å². The average Bonchev–Trinajstić information content (AvgIpc) is 2.58. The largest absolute Gasteiger partial charge is 0.449 e. The number of hydrogen-bond donors (Lipinski definition) is 1. The van der Waals surface area contributed by atoms with Crippen molar-refractivity contribution in [3.05, 3.63) is 35.4 Å². The molecule has 1 aliphatic carbocycles. The minimum Gasteiger partial charge on any atom is -0.449 e. The lowest BCUT2D eigenvalue weighted by Crippen LogP contribution is -2.47. The fraction of sp³-hybridized carbons (Fsp3) is 0.600. The van der Waals surface area contributed by atoms with Gasteiger partial charge in [0, 0.05) is 12.3 Å². The first-order valence-electron chi connectivity index (χ1n) is 9.35. The van der Waals surface area contributed by atoms with Gasteiger partial charge in [0.05, 0.1) is 11.3 Å². The number of benzene rings is 1. The Bertz CT molecular complexity index is 772. The fourth-order valence-electron chi connectivity index (χ4n) is 3.41. The molecule has 0 heterocycles. The van der Waals surface area contributed by atoms with Crippen LogP contribution in [-0.2, 0) is 25.1 Å². The number of amides is 1. The van der Waals surface area contributed by atoms with E-state index >= 15 is 0 Å². The smallest absolute Gasteiger partial charge is 0.338 e. The summed E-state index contributed by atoms with van der Waals surface area (Å²) in [7, 11) is -3.13. The zero-order chi connectivity index (χ0) is 20.2. The van der Waals surface area contributed by atoms with Crippen molar-refractivity contribution >= 4 is 21.7 Å². The van der Waals surface area contributed by atoms with Crippen LogP contribution in [0.4, 0.5) is 0 Å². The summed E-state index contributed by atoms with van der Waals surface area (Å²) >= 11 is 0. The number of ether oxygens (including phenoxy) is 1. The van der Waals surface area contributed by atoms with Crippen LogP contribution in [0.25, 0.3) is 0 Å². The molecular formula is C20H29NO5S. The number of esters is 1. The van der Waals surface area contributed by atoms with Crippen LogP contribution in [0.1, 0.15) is 56.0 Å². The number of nitrogens with one attached hydrogen (secondary N) is 1.